The van der Waals surface area contributed by atoms with E-state index >= 15 is 0 Å². The van der Waals surface area contributed by atoms with Crippen molar-refractivity contribution in [1.82, 2.24) is 0 Å². The molecule has 0 saturated heterocycles. The Morgan fingerprint density at radius 1 is 1.67 bits per heavy atom. The Morgan fingerprint density at radius 2 is 2.17 bits per heavy atom. The van der Waals surface area contributed by atoms with E-state index in [0.717, 1.165) is 13.2 Å². The monoisotopic (exact) mass is 196 g/mol. The molecule has 0 bridgehead atoms. The number of ether oxygens (including phenoxy) is 1. The molecule has 0 aliphatic heterocycles. The number of hydrogen-bond acceptors (Lipinski definition) is 4. The second-order valence-corrected chi connectivity index (χ2v) is 3.03. The molecular weight excluding hydrogens is 187 g/mol. The highest BCUT2D eigenvalue weighted by Crippen LogP contribution is 2.37. The molecule has 0 rings (SSSR count). The molecule has 70 valence electrons. The highest BCUT2D eigenvalue weighted by molar-refractivity contribution is 7.46. The van der Waals surface area contributed by atoms with Crippen molar-refractivity contribution >= 4 is 13.8 Å². The Labute approximate surface area is 69.0 Å². The summed E-state index contributed by atoms with van der Waals surface area (Å²) in [5, 5.41) is 0. The van der Waals surface area contributed by atoms with Gasteiger partial charge in [0.2, 0.25) is 0 Å². The van der Waals surface area contributed by atoms with Gasteiger partial charge in [-0.15, -0.1) is 0 Å². The van der Waals surface area contributed by atoms with Crippen LogP contribution in [0.15, 0.2) is 12.8 Å². The minimum absolute atomic E-state index is 0.849. The van der Waals surface area contributed by atoms with Crippen LogP contribution in [0.25, 0.3) is 0 Å². The quantitative estimate of drug-likeness (QED) is 0.378. The number of carbonyl (C=O) groups is 1. The van der Waals surface area contributed by atoms with E-state index in [9.17, 15) is 9.36 Å². The number of carbonyl (C=O) groups excluding carboxylic acids is 1. The molecular formula is C5H9O6P. The van der Waals surface area contributed by atoms with Gasteiger partial charge in [0, 0.05) is 0 Å². The Morgan fingerprint density at radius 3 is 2.50 bits per heavy atom. The summed E-state index contributed by atoms with van der Waals surface area (Å²) in [5.41, 5.74) is 0. The third-order valence-corrected chi connectivity index (χ3v) is 1.42. The van der Waals surface area contributed by atoms with E-state index in [1.807, 2.05) is 0 Å². The van der Waals surface area contributed by atoms with Crippen molar-refractivity contribution in [2.45, 2.75) is 13.0 Å². The first kappa shape index (κ1) is 11.3. The summed E-state index contributed by atoms with van der Waals surface area (Å²) in [6.45, 7) is 4.24. The van der Waals surface area contributed by atoms with Gasteiger partial charge in [-0.05, 0) is 6.92 Å². The number of phosphoric ester groups is 1. The average Bonchev–Trinajstić information content (AvgIpc) is 1.84. The van der Waals surface area contributed by atoms with Gasteiger partial charge in [-0.2, -0.15) is 0 Å². The summed E-state index contributed by atoms with van der Waals surface area (Å²) in [7, 11) is -4.63. The van der Waals surface area contributed by atoms with E-state index in [2.05, 4.69) is 15.8 Å². The maximum Gasteiger partial charge on any atom is 0.470 e. The Bertz CT molecular complexity index is 218. The molecule has 0 aromatic heterocycles. The summed E-state index contributed by atoms with van der Waals surface area (Å²) < 4.78 is 18.4. The van der Waals surface area contributed by atoms with Crippen molar-refractivity contribution in [2.75, 3.05) is 0 Å². The molecule has 0 amide bonds. The summed E-state index contributed by atoms with van der Waals surface area (Å²) in [5.74, 6) is -0.909. The third kappa shape index (κ3) is 5.03. The van der Waals surface area contributed by atoms with Crippen molar-refractivity contribution in [3.8, 4) is 0 Å². The van der Waals surface area contributed by atoms with E-state index in [1.54, 1.807) is 0 Å². The van der Waals surface area contributed by atoms with Crippen LogP contribution in [0.1, 0.15) is 6.92 Å². The zero-order valence-corrected chi connectivity index (χ0v) is 7.23. The van der Waals surface area contributed by atoms with Crippen LogP contribution >= 0.6 is 7.82 Å². The van der Waals surface area contributed by atoms with Gasteiger partial charge in [-0.1, -0.05) is 6.58 Å². The second-order valence-electron chi connectivity index (χ2n) is 1.84. The summed E-state index contributed by atoms with van der Waals surface area (Å²) in [4.78, 5) is 27.2. The predicted molar refractivity (Wildman–Crippen MR) is 38.9 cm³/mol. The van der Waals surface area contributed by atoms with Crippen molar-refractivity contribution in [1.29, 1.82) is 0 Å². The van der Waals surface area contributed by atoms with Crippen LogP contribution in [-0.4, -0.2) is 21.9 Å². The molecule has 1 atom stereocenters. The second kappa shape index (κ2) is 4.37. The first-order valence-electron chi connectivity index (χ1n) is 2.92. The third-order valence-electron chi connectivity index (χ3n) is 0.827. The van der Waals surface area contributed by atoms with Crippen LogP contribution in [0.4, 0.5) is 0 Å². The van der Waals surface area contributed by atoms with E-state index in [1.165, 1.54) is 0 Å². The fraction of sp³-hybridized carbons (Fsp3) is 0.400. The van der Waals surface area contributed by atoms with Crippen LogP contribution in [0, 0.1) is 0 Å². The molecule has 7 heteroatoms. The highest BCUT2D eigenvalue weighted by Gasteiger charge is 2.24. The Balaban J connectivity index is 4.04. The molecule has 2 N–H and O–H groups in total. The number of phosphoric acid groups is 1. The van der Waals surface area contributed by atoms with Gasteiger partial charge in [0.25, 0.3) is 0 Å². The van der Waals surface area contributed by atoms with E-state index in [-0.39, 0.29) is 0 Å². The minimum atomic E-state index is -4.63. The van der Waals surface area contributed by atoms with Crippen LogP contribution in [0.2, 0.25) is 0 Å². The fourth-order valence-electron chi connectivity index (χ4n) is 0.427. The predicted octanol–water partition coefficient (Wildman–Crippen LogP) is 0.171. The lowest BCUT2D eigenvalue weighted by Crippen LogP contribution is -2.20. The molecule has 1 unspecified atom stereocenters. The van der Waals surface area contributed by atoms with Crippen molar-refractivity contribution in [3.63, 3.8) is 0 Å². The van der Waals surface area contributed by atoms with Crippen LogP contribution in [0.5, 0.6) is 0 Å². The average molecular weight is 196 g/mol. The lowest BCUT2D eigenvalue weighted by molar-refractivity contribution is -0.146. The van der Waals surface area contributed by atoms with E-state index < -0.39 is 19.9 Å². The maximum atomic E-state index is 10.7. The highest BCUT2D eigenvalue weighted by atomic mass is 31.2. The number of hydrogen-bond donors (Lipinski definition) is 2. The van der Waals surface area contributed by atoms with Crippen molar-refractivity contribution < 1.29 is 28.4 Å². The zero-order valence-electron chi connectivity index (χ0n) is 6.34. The van der Waals surface area contributed by atoms with E-state index in [0.29, 0.717) is 0 Å². The summed E-state index contributed by atoms with van der Waals surface area (Å²) in [6, 6.07) is 0. The van der Waals surface area contributed by atoms with Gasteiger partial charge in [0.15, 0.2) is 6.10 Å². The van der Waals surface area contributed by atoms with Gasteiger partial charge < -0.3 is 14.5 Å². The molecule has 0 aromatic carbocycles. The molecule has 12 heavy (non-hydrogen) atoms. The Hall–Kier alpha value is -0.680. The lowest BCUT2D eigenvalue weighted by Gasteiger charge is -2.10. The SMILES string of the molecule is C=COC(=O)C(C)OP(=O)(O)O. The summed E-state index contributed by atoms with van der Waals surface area (Å²) in [6.07, 6.45) is -0.467. The molecule has 0 fully saturated rings. The van der Waals surface area contributed by atoms with Gasteiger partial charge in [0.1, 0.15) is 0 Å². The molecule has 0 saturated carbocycles. The first-order chi connectivity index (χ1) is 5.37. The number of esters is 1. The zero-order chi connectivity index (χ0) is 9.78. The molecule has 6 nitrogen and oxygen atoms in total. The van der Waals surface area contributed by atoms with Gasteiger partial charge >= 0.3 is 13.8 Å². The lowest BCUT2D eigenvalue weighted by atomic mass is 10.4. The largest absolute Gasteiger partial charge is 0.470 e. The normalized spacial score (nSPS) is 13.6. The maximum absolute atomic E-state index is 10.7. The van der Waals surface area contributed by atoms with Crippen molar-refractivity contribution in [3.05, 3.63) is 12.8 Å². The topological polar surface area (TPSA) is 93.1 Å². The summed E-state index contributed by atoms with van der Waals surface area (Å²) >= 11 is 0. The van der Waals surface area contributed by atoms with Crippen molar-refractivity contribution in [2.24, 2.45) is 0 Å². The standard InChI is InChI=1S/C5H9O6P/c1-3-10-5(6)4(2)11-12(7,8)9/h3-4H,1H2,2H3,(H2,7,8,9). The molecule has 0 spiro atoms. The molecule has 0 aliphatic carbocycles. The minimum Gasteiger partial charge on any atom is -0.433 e. The smallest absolute Gasteiger partial charge is 0.433 e. The van der Waals surface area contributed by atoms with Gasteiger partial charge in [0.05, 0.1) is 6.26 Å². The molecule has 0 heterocycles. The van der Waals surface area contributed by atoms with Gasteiger partial charge in [-0.3, -0.25) is 4.52 Å². The molecule has 0 aliphatic rings. The molecule has 0 aromatic rings. The van der Waals surface area contributed by atoms with E-state index in [4.69, 9.17) is 9.79 Å². The Kier molecular flexibility index (Phi) is 4.12. The number of rotatable bonds is 4. The van der Waals surface area contributed by atoms with Crippen LogP contribution < -0.4 is 0 Å². The van der Waals surface area contributed by atoms with Crippen LogP contribution in [-0.2, 0) is 18.6 Å². The van der Waals surface area contributed by atoms with Crippen LogP contribution in [0.3, 0.4) is 0 Å². The fourth-order valence-corrected chi connectivity index (χ4v) is 0.925. The van der Waals surface area contributed by atoms with Gasteiger partial charge in [-0.25, -0.2) is 9.36 Å². The first-order valence-corrected chi connectivity index (χ1v) is 4.45. The molecule has 0 radical (unpaired) electrons.